The summed E-state index contributed by atoms with van der Waals surface area (Å²) in [6.07, 6.45) is 0. The lowest BCUT2D eigenvalue weighted by molar-refractivity contribution is -0.117. The van der Waals surface area contributed by atoms with Crippen LogP contribution in [0.25, 0.3) is 0 Å². The number of carbonyl (C=O) groups excluding carboxylic acids is 1. The Morgan fingerprint density at radius 3 is 2.62 bits per heavy atom. The second-order valence-corrected chi connectivity index (χ2v) is 6.73. The standard InChI is InChI=1S/C17H21ClN2O3S/c1-11(16-6-5-7-24-16)20(2)10-17(21)19-13-9-14(22-3)12(18)8-15(13)23-4/h5-9,11H,10H2,1-4H3,(H,19,21). The Balaban J connectivity index is 2.06. The minimum atomic E-state index is -0.136. The molecule has 1 N–H and O–H groups in total. The second kappa shape index (κ2) is 8.37. The molecular formula is C17H21ClN2O3S. The van der Waals surface area contributed by atoms with Gasteiger partial charge in [-0.3, -0.25) is 9.69 Å². The van der Waals surface area contributed by atoms with Crippen molar-refractivity contribution >= 4 is 34.5 Å². The zero-order valence-electron chi connectivity index (χ0n) is 14.1. The van der Waals surface area contributed by atoms with Crippen molar-refractivity contribution < 1.29 is 14.3 Å². The van der Waals surface area contributed by atoms with Crippen molar-refractivity contribution in [3.63, 3.8) is 0 Å². The number of methoxy groups -OCH3 is 2. The molecule has 0 saturated carbocycles. The molecule has 0 aliphatic rings. The van der Waals surface area contributed by atoms with Gasteiger partial charge < -0.3 is 14.8 Å². The van der Waals surface area contributed by atoms with Gasteiger partial charge in [-0.2, -0.15) is 0 Å². The van der Waals surface area contributed by atoms with E-state index < -0.39 is 0 Å². The van der Waals surface area contributed by atoms with Crippen LogP contribution in [0.4, 0.5) is 5.69 Å². The molecule has 0 spiro atoms. The Bertz CT molecular complexity index is 691. The molecular weight excluding hydrogens is 348 g/mol. The van der Waals surface area contributed by atoms with E-state index in [0.717, 1.165) is 0 Å². The molecule has 1 amide bonds. The Morgan fingerprint density at radius 2 is 2.04 bits per heavy atom. The van der Waals surface area contributed by atoms with E-state index in [9.17, 15) is 4.79 Å². The summed E-state index contributed by atoms with van der Waals surface area (Å²) in [4.78, 5) is 15.6. The molecule has 0 bridgehead atoms. The number of benzene rings is 1. The van der Waals surface area contributed by atoms with Crippen LogP contribution < -0.4 is 14.8 Å². The second-order valence-electron chi connectivity index (χ2n) is 5.34. The third kappa shape index (κ3) is 4.41. The quantitative estimate of drug-likeness (QED) is 0.801. The average molecular weight is 369 g/mol. The molecule has 1 aromatic heterocycles. The molecule has 2 aromatic rings. The van der Waals surface area contributed by atoms with Crippen LogP contribution in [0, 0.1) is 0 Å². The highest BCUT2D eigenvalue weighted by atomic mass is 35.5. The van der Waals surface area contributed by atoms with E-state index in [2.05, 4.69) is 18.3 Å². The molecule has 0 fully saturated rings. The molecule has 1 aromatic carbocycles. The number of likely N-dealkylation sites (N-methyl/N-ethyl adjacent to an activating group) is 1. The predicted octanol–water partition coefficient (Wildman–Crippen LogP) is 4.05. The Morgan fingerprint density at radius 1 is 1.33 bits per heavy atom. The molecule has 24 heavy (non-hydrogen) atoms. The number of ether oxygens (including phenoxy) is 2. The first-order valence-electron chi connectivity index (χ1n) is 7.41. The van der Waals surface area contributed by atoms with E-state index in [-0.39, 0.29) is 18.5 Å². The molecule has 0 saturated heterocycles. The molecule has 1 heterocycles. The maximum absolute atomic E-state index is 12.4. The van der Waals surface area contributed by atoms with Crippen molar-refractivity contribution in [2.24, 2.45) is 0 Å². The van der Waals surface area contributed by atoms with Crippen LogP contribution in [0.15, 0.2) is 29.6 Å². The van der Waals surface area contributed by atoms with Gasteiger partial charge >= 0.3 is 0 Å². The maximum atomic E-state index is 12.4. The number of nitrogens with zero attached hydrogens (tertiary/aromatic N) is 1. The first kappa shape index (κ1) is 18.6. The van der Waals surface area contributed by atoms with Gasteiger partial charge in [0.15, 0.2) is 0 Å². The average Bonchev–Trinajstić information content (AvgIpc) is 3.09. The minimum Gasteiger partial charge on any atom is -0.495 e. The fourth-order valence-electron chi connectivity index (χ4n) is 2.26. The molecule has 0 aliphatic carbocycles. The van der Waals surface area contributed by atoms with E-state index in [1.165, 1.54) is 19.1 Å². The minimum absolute atomic E-state index is 0.136. The predicted molar refractivity (Wildman–Crippen MR) is 98.5 cm³/mol. The largest absolute Gasteiger partial charge is 0.495 e. The van der Waals surface area contributed by atoms with Crippen LogP contribution in [-0.4, -0.2) is 38.6 Å². The first-order valence-corrected chi connectivity index (χ1v) is 8.67. The molecule has 5 nitrogen and oxygen atoms in total. The van der Waals surface area contributed by atoms with Crippen molar-refractivity contribution in [3.8, 4) is 11.5 Å². The van der Waals surface area contributed by atoms with Crippen LogP contribution in [-0.2, 0) is 4.79 Å². The van der Waals surface area contributed by atoms with Crippen molar-refractivity contribution in [2.75, 3.05) is 33.1 Å². The van der Waals surface area contributed by atoms with E-state index in [1.54, 1.807) is 23.5 Å². The lowest BCUT2D eigenvalue weighted by Gasteiger charge is -2.23. The highest BCUT2D eigenvalue weighted by Crippen LogP contribution is 2.35. The van der Waals surface area contributed by atoms with Gasteiger partial charge in [-0.1, -0.05) is 17.7 Å². The summed E-state index contributed by atoms with van der Waals surface area (Å²) in [6, 6.07) is 7.51. The number of hydrogen-bond donors (Lipinski definition) is 1. The number of amides is 1. The lowest BCUT2D eigenvalue weighted by Crippen LogP contribution is -2.32. The van der Waals surface area contributed by atoms with Crippen molar-refractivity contribution in [1.82, 2.24) is 4.90 Å². The van der Waals surface area contributed by atoms with E-state index in [1.807, 2.05) is 23.4 Å². The summed E-state index contributed by atoms with van der Waals surface area (Å²) in [5.41, 5.74) is 0.529. The fraction of sp³-hybridized carbons (Fsp3) is 0.353. The highest BCUT2D eigenvalue weighted by Gasteiger charge is 2.17. The van der Waals surface area contributed by atoms with Crippen LogP contribution in [0.3, 0.4) is 0 Å². The Labute approximate surface area is 151 Å². The monoisotopic (exact) mass is 368 g/mol. The normalized spacial score (nSPS) is 12.1. The van der Waals surface area contributed by atoms with Crippen LogP contribution in [0.5, 0.6) is 11.5 Å². The summed E-state index contributed by atoms with van der Waals surface area (Å²) >= 11 is 7.75. The molecule has 130 valence electrons. The molecule has 7 heteroatoms. The van der Waals surface area contributed by atoms with E-state index in [4.69, 9.17) is 21.1 Å². The maximum Gasteiger partial charge on any atom is 0.238 e. The Hall–Kier alpha value is -1.76. The van der Waals surface area contributed by atoms with Crippen molar-refractivity contribution in [1.29, 1.82) is 0 Å². The molecule has 0 radical (unpaired) electrons. The molecule has 0 aliphatic heterocycles. The number of halogens is 1. The van der Waals surface area contributed by atoms with Gasteiger partial charge in [0.1, 0.15) is 11.5 Å². The third-order valence-electron chi connectivity index (χ3n) is 3.76. The first-order chi connectivity index (χ1) is 11.5. The van der Waals surface area contributed by atoms with E-state index >= 15 is 0 Å². The zero-order valence-corrected chi connectivity index (χ0v) is 15.7. The smallest absolute Gasteiger partial charge is 0.238 e. The third-order valence-corrected chi connectivity index (χ3v) is 5.10. The lowest BCUT2D eigenvalue weighted by atomic mass is 10.2. The number of nitrogens with one attached hydrogen (secondary N) is 1. The summed E-state index contributed by atoms with van der Waals surface area (Å²) in [6.45, 7) is 2.33. The van der Waals surface area contributed by atoms with Gasteiger partial charge in [-0.15, -0.1) is 11.3 Å². The van der Waals surface area contributed by atoms with Crippen molar-refractivity contribution in [3.05, 3.63) is 39.5 Å². The fourth-order valence-corrected chi connectivity index (χ4v) is 3.34. The number of carbonyl (C=O) groups is 1. The number of rotatable bonds is 7. The molecule has 1 unspecified atom stereocenters. The topological polar surface area (TPSA) is 50.8 Å². The summed E-state index contributed by atoms with van der Waals surface area (Å²) in [5.74, 6) is 0.833. The van der Waals surface area contributed by atoms with Crippen molar-refractivity contribution in [2.45, 2.75) is 13.0 Å². The zero-order chi connectivity index (χ0) is 17.7. The van der Waals surface area contributed by atoms with Gasteiger partial charge in [0.05, 0.1) is 31.5 Å². The van der Waals surface area contributed by atoms with Gasteiger partial charge in [0.2, 0.25) is 5.91 Å². The Kier molecular flexibility index (Phi) is 6.48. The van der Waals surface area contributed by atoms with E-state index in [0.29, 0.717) is 22.2 Å². The summed E-state index contributed by atoms with van der Waals surface area (Å²) < 4.78 is 10.5. The van der Waals surface area contributed by atoms with Crippen LogP contribution in [0.1, 0.15) is 17.8 Å². The number of anilines is 1. The highest BCUT2D eigenvalue weighted by molar-refractivity contribution is 7.10. The summed E-state index contributed by atoms with van der Waals surface area (Å²) in [5, 5.41) is 5.31. The van der Waals surface area contributed by atoms with Gasteiger partial charge in [0.25, 0.3) is 0 Å². The van der Waals surface area contributed by atoms with Crippen LogP contribution in [0.2, 0.25) is 5.02 Å². The molecule has 2 rings (SSSR count). The summed E-state index contributed by atoms with van der Waals surface area (Å²) in [7, 11) is 4.97. The van der Waals surface area contributed by atoms with Gasteiger partial charge in [0, 0.05) is 23.1 Å². The van der Waals surface area contributed by atoms with Gasteiger partial charge in [-0.05, 0) is 25.4 Å². The SMILES string of the molecule is COc1cc(NC(=O)CN(C)C(C)c2cccs2)c(OC)cc1Cl. The number of thiophene rings is 1. The van der Waals surface area contributed by atoms with Gasteiger partial charge in [-0.25, -0.2) is 0 Å². The van der Waals surface area contributed by atoms with Crippen LogP contribution >= 0.6 is 22.9 Å². The molecule has 1 atom stereocenters. The number of hydrogen-bond acceptors (Lipinski definition) is 5.